The zero-order valence-corrected chi connectivity index (χ0v) is 15.7. The molecular formula is C22H22N2O3. The van der Waals surface area contributed by atoms with Gasteiger partial charge in [0.2, 0.25) is 0 Å². The first kappa shape index (κ1) is 18.5. The average Bonchev–Trinajstić information content (AvgIpc) is 2.89. The van der Waals surface area contributed by atoms with Crippen molar-refractivity contribution in [3.63, 3.8) is 0 Å². The third-order valence-electron chi connectivity index (χ3n) is 4.50. The summed E-state index contributed by atoms with van der Waals surface area (Å²) in [6.07, 6.45) is 1.54. The second-order valence-electron chi connectivity index (χ2n) is 6.43. The van der Waals surface area contributed by atoms with Crippen LogP contribution < -0.4 is 10.1 Å². The van der Waals surface area contributed by atoms with E-state index in [0.717, 1.165) is 16.8 Å². The fourth-order valence-corrected chi connectivity index (χ4v) is 3.10. The van der Waals surface area contributed by atoms with Crippen molar-refractivity contribution in [3.8, 4) is 5.75 Å². The molecule has 5 heteroatoms. The van der Waals surface area contributed by atoms with Crippen molar-refractivity contribution in [1.29, 1.82) is 0 Å². The van der Waals surface area contributed by atoms with Gasteiger partial charge in [-0.25, -0.2) is 0 Å². The van der Waals surface area contributed by atoms with Crippen LogP contribution in [0.1, 0.15) is 16.7 Å². The lowest BCUT2D eigenvalue weighted by Crippen LogP contribution is -2.32. The molecule has 2 aromatic carbocycles. The van der Waals surface area contributed by atoms with Crippen LogP contribution in [0.2, 0.25) is 0 Å². The molecule has 1 N–H and O–H groups in total. The first-order chi connectivity index (χ1) is 13.0. The lowest BCUT2D eigenvalue weighted by atomic mass is 10.0. The Labute approximate surface area is 158 Å². The Morgan fingerprint density at radius 1 is 1.07 bits per heavy atom. The van der Waals surface area contributed by atoms with Gasteiger partial charge in [0.15, 0.2) is 0 Å². The molecule has 0 saturated carbocycles. The highest BCUT2D eigenvalue weighted by atomic mass is 16.5. The zero-order valence-electron chi connectivity index (χ0n) is 15.7. The number of benzene rings is 2. The second kappa shape index (κ2) is 7.50. The number of carbonyl (C=O) groups excluding carboxylic acids is 2. The van der Waals surface area contributed by atoms with Gasteiger partial charge < -0.3 is 10.1 Å². The minimum absolute atomic E-state index is 0.162. The summed E-state index contributed by atoms with van der Waals surface area (Å²) in [7, 11) is 1.58. The van der Waals surface area contributed by atoms with Crippen LogP contribution in [-0.4, -0.2) is 30.4 Å². The summed E-state index contributed by atoms with van der Waals surface area (Å²) >= 11 is 0. The van der Waals surface area contributed by atoms with E-state index in [2.05, 4.69) is 11.9 Å². The Balaban J connectivity index is 2.09. The van der Waals surface area contributed by atoms with Gasteiger partial charge in [-0.2, -0.15) is 0 Å². The lowest BCUT2D eigenvalue weighted by molar-refractivity contribution is -0.136. The molecule has 0 radical (unpaired) electrons. The van der Waals surface area contributed by atoms with Crippen molar-refractivity contribution in [2.75, 3.05) is 19.0 Å². The molecule has 0 aromatic heterocycles. The molecule has 0 fully saturated rings. The lowest BCUT2D eigenvalue weighted by Gasteiger charge is -2.13. The summed E-state index contributed by atoms with van der Waals surface area (Å²) in [5, 5.41) is 3.18. The van der Waals surface area contributed by atoms with E-state index in [-0.39, 0.29) is 24.1 Å². The van der Waals surface area contributed by atoms with Crippen molar-refractivity contribution >= 4 is 23.1 Å². The number of hydrogen-bond acceptors (Lipinski definition) is 4. The third-order valence-corrected chi connectivity index (χ3v) is 4.50. The number of rotatable bonds is 6. The van der Waals surface area contributed by atoms with Gasteiger partial charge in [-0.15, -0.1) is 6.58 Å². The summed E-state index contributed by atoms with van der Waals surface area (Å²) in [6.45, 7) is 7.78. The van der Waals surface area contributed by atoms with E-state index in [1.54, 1.807) is 37.5 Å². The van der Waals surface area contributed by atoms with Gasteiger partial charge >= 0.3 is 0 Å². The van der Waals surface area contributed by atoms with Crippen molar-refractivity contribution in [1.82, 2.24) is 4.90 Å². The zero-order chi connectivity index (χ0) is 19.6. The van der Waals surface area contributed by atoms with Crippen LogP contribution in [0.15, 0.2) is 60.8 Å². The quantitative estimate of drug-likeness (QED) is 0.629. The van der Waals surface area contributed by atoms with E-state index >= 15 is 0 Å². The van der Waals surface area contributed by atoms with Crippen LogP contribution in [0.5, 0.6) is 5.75 Å². The standard InChI is InChI=1S/C22H22N2O3/c1-5-12-24-21(25)19(16-7-9-17(27-4)10-8-16)20(22(24)26)23-18-11-6-14(2)13-15(18)3/h5-11,13,23H,1,12H2,2-4H3. The van der Waals surface area contributed by atoms with Crippen molar-refractivity contribution in [2.24, 2.45) is 0 Å². The van der Waals surface area contributed by atoms with Crippen molar-refractivity contribution in [3.05, 3.63) is 77.5 Å². The van der Waals surface area contributed by atoms with Crippen LogP contribution in [0, 0.1) is 13.8 Å². The van der Waals surface area contributed by atoms with Crippen LogP contribution in [-0.2, 0) is 9.59 Å². The second-order valence-corrected chi connectivity index (χ2v) is 6.43. The number of nitrogens with zero attached hydrogens (tertiary/aromatic N) is 1. The molecule has 0 atom stereocenters. The predicted octanol–water partition coefficient (Wildman–Crippen LogP) is 3.69. The monoisotopic (exact) mass is 362 g/mol. The normalized spacial score (nSPS) is 14.0. The molecule has 0 aliphatic carbocycles. The summed E-state index contributed by atoms with van der Waals surface area (Å²) in [5.41, 5.74) is 4.21. The fraction of sp³-hybridized carbons (Fsp3) is 0.182. The Kier molecular flexibility index (Phi) is 5.12. The van der Waals surface area contributed by atoms with Crippen molar-refractivity contribution in [2.45, 2.75) is 13.8 Å². The molecular weight excluding hydrogens is 340 g/mol. The number of amides is 2. The number of methoxy groups -OCH3 is 1. The van der Waals surface area contributed by atoms with E-state index < -0.39 is 0 Å². The van der Waals surface area contributed by atoms with Gasteiger partial charge in [0.25, 0.3) is 11.8 Å². The molecule has 138 valence electrons. The fourth-order valence-electron chi connectivity index (χ4n) is 3.10. The highest BCUT2D eigenvalue weighted by molar-refractivity contribution is 6.36. The van der Waals surface area contributed by atoms with E-state index in [1.807, 2.05) is 32.0 Å². The first-order valence-electron chi connectivity index (χ1n) is 8.66. The molecule has 0 unspecified atom stereocenters. The number of imide groups is 1. The molecule has 3 rings (SSSR count). The number of ether oxygens (including phenoxy) is 1. The average molecular weight is 362 g/mol. The number of hydrogen-bond donors (Lipinski definition) is 1. The van der Waals surface area contributed by atoms with Gasteiger partial charge in [-0.1, -0.05) is 35.9 Å². The van der Waals surface area contributed by atoms with E-state index in [4.69, 9.17) is 4.74 Å². The highest BCUT2D eigenvalue weighted by Gasteiger charge is 2.38. The predicted molar refractivity (Wildman–Crippen MR) is 106 cm³/mol. The van der Waals surface area contributed by atoms with Crippen LogP contribution in [0.3, 0.4) is 0 Å². The minimum atomic E-state index is -0.356. The summed E-state index contributed by atoms with van der Waals surface area (Å²) in [5.74, 6) is -0.00835. The smallest absolute Gasteiger partial charge is 0.278 e. The first-order valence-corrected chi connectivity index (χ1v) is 8.66. The summed E-state index contributed by atoms with van der Waals surface area (Å²) in [6, 6.07) is 13.0. The van der Waals surface area contributed by atoms with Gasteiger partial charge in [0.05, 0.1) is 12.7 Å². The van der Waals surface area contributed by atoms with Gasteiger partial charge in [0, 0.05) is 12.2 Å². The molecule has 1 aliphatic rings. The Hall–Kier alpha value is -3.34. The SMILES string of the molecule is C=CCN1C(=O)C(Nc2ccc(C)cc2C)=C(c2ccc(OC)cc2)C1=O. The van der Waals surface area contributed by atoms with E-state index in [1.165, 1.54) is 4.90 Å². The minimum Gasteiger partial charge on any atom is -0.497 e. The van der Waals surface area contributed by atoms with Crippen LogP contribution in [0.4, 0.5) is 5.69 Å². The van der Waals surface area contributed by atoms with E-state index in [0.29, 0.717) is 16.9 Å². The summed E-state index contributed by atoms with van der Waals surface area (Å²) < 4.78 is 5.18. The van der Waals surface area contributed by atoms with Crippen LogP contribution >= 0.6 is 0 Å². The van der Waals surface area contributed by atoms with Gasteiger partial charge in [-0.3, -0.25) is 14.5 Å². The molecule has 2 amide bonds. The van der Waals surface area contributed by atoms with Crippen LogP contribution in [0.25, 0.3) is 5.57 Å². The highest BCUT2D eigenvalue weighted by Crippen LogP contribution is 2.32. The third kappa shape index (κ3) is 3.49. The molecule has 5 nitrogen and oxygen atoms in total. The Morgan fingerprint density at radius 3 is 2.37 bits per heavy atom. The topological polar surface area (TPSA) is 58.6 Å². The summed E-state index contributed by atoms with van der Waals surface area (Å²) in [4.78, 5) is 27.0. The molecule has 2 aromatic rings. The Morgan fingerprint density at radius 2 is 1.78 bits per heavy atom. The molecule has 27 heavy (non-hydrogen) atoms. The Bertz CT molecular complexity index is 943. The van der Waals surface area contributed by atoms with E-state index in [9.17, 15) is 9.59 Å². The molecule has 0 spiro atoms. The number of aryl methyl sites for hydroxylation is 2. The maximum atomic E-state index is 12.9. The molecule has 1 aliphatic heterocycles. The van der Waals surface area contributed by atoms with Gasteiger partial charge in [0.1, 0.15) is 11.4 Å². The molecule has 0 saturated heterocycles. The number of nitrogens with one attached hydrogen (secondary N) is 1. The maximum Gasteiger partial charge on any atom is 0.278 e. The molecule has 1 heterocycles. The van der Waals surface area contributed by atoms with Gasteiger partial charge in [-0.05, 0) is 43.2 Å². The largest absolute Gasteiger partial charge is 0.497 e. The maximum absolute atomic E-state index is 12.9. The number of anilines is 1. The molecule has 0 bridgehead atoms. The van der Waals surface area contributed by atoms with Crippen molar-refractivity contribution < 1.29 is 14.3 Å². The number of carbonyl (C=O) groups is 2.